The van der Waals surface area contributed by atoms with Gasteiger partial charge in [-0.05, 0) is 37.1 Å². The Bertz CT molecular complexity index is 1290. The van der Waals surface area contributed by atoms with E-state index >= 15 is 0 Å². The van der Waals surface area contributed by atoms with Crippen LogP contribution in [-0.4, -0.2) is 15.6 Å². The molecule has 4 rings (SSSR count). The van der Waals surface area contributed by atoms with Gasteiger partial charge in [0.05, 0.1) is 16.8 Å². The maximum atomic E-state index is 12.7. The Kier molecular flexibility index (Phi) is 4.68. The molecule has 4 aromatic rings. The van der Waals surface area contributed by atoms with Crippen molar-refractivity contribution in [1.29, 1.82) is 0 Å². The molecule has 0 unspecified atom stereocenters. The predicted molar refractivity (Wildman–Crippen MR) is 110 cm³/mol. The summed E-state index contributed by atoms with van der Waals surface area (Å²) < 4.78 is 8.23. The highest BCUT2D eigenvalue weighted by molar-refractivity contribution is 7.16. The summed E-state index contributed by atoms with van der Waals surface area (Å²) in [5.41, 5.74) is 4.34. The van der Waals surface area contributed by atoms with Gasteiger partial charge in [-0.3, -0.25) is 4.79 Å². The van der Waals surface area contributed by atoms with Gasteiger partial charge in [-0.1, -0.05) is 52.7 Å². The van der Waals surface area contributed by atoms with Crippen molar-refractivity contribution in [3.63, 3.8) is 0 Å². The quantitative estimate of drug-likeness (QED) is 0.491. The van der Waals surface area contributed by atoms with Crippen LogP contribution in [0.15, 0.2) is 58.0 Å². The molecule has 0 aliphatic rings. The van der Waals surface area contributed by atoms with E-state index in [1.54, 1.807) is 6.07 Å². The fourth-order valence-electron chi connectivity index (χ4n) is 2.91. The zero-order chi connectivity index (χ0) is 19.7. The molecule has 0 N–H and O–H groups in total. The van der Waals surface area contributed by atoms with Crippen LogP contribution in [-0.2, 0) is 6.54 Å². The summed E-state index contributed by atoms with van der Waals surface area (Å²) in [7, 11) is 0. The molecule has 138 valence electrons. The zero-order valence-corrected chi connectivity index (χ0v) is 16.3. The Labute approximate surface area is 166 Å². The van der Waals surface area contributed by atoms with Crippen molar-refractivity contribution in [2.75, 3.05) is 0 Å². The predicted octanol–water partition coefficient (Wildman–Crippen LogP) is 4.35. The van der Waals surface area contributed by atoms with E-state index in [-0.39, 0.29) is 5.69 Å². The van der Waals surface area contributed by atoms with E-state index in [1.807, 2.05) is 34.9 Å². The van der Waals surface area contributed by atoms with Crippen molar-refractivity contribution >= 4 is 27.5 Å². The highest BCUT2D eigenvalue weighted by Crippen LogP contribution is 2.23. The molecule has 2 heterocycles. The first-order valence-corrected chi connectivity index (χ1v) is 9.53. The third-order valence-corrected chi connectivity index (χ3v) is 5.57. The molecule has 0 saturated heterocycles. The summed E-state index contributed by atoms with van der Waals surface area (Å²) in [5, 5.41) is 3.88. The van der Waals surface area contributed by atoms with Crippen LogP contribution in [0.25, 0.3) is 21.5 Å². The second kappa shape index (κ2) is 7.29. The Morgan fingerprint density at radius 1 is 1.21 bits per heavy atom. The van der Waals surface area contributed by atoms with Crippen LogP contribution >= 0.6 is 11.3 Å². The smallest absolute Gasteiger partial charge is 0.301 e. The number of rotatable bonds is 3. The van der Waals surface area contributed by atoms with Gasteiger partial charge in [-0.2, -0.15) is 4.99 Å². The van der Waals surface area contributed by atoms with Crippen LogP contribution in [0.1, 0.15) is 21.6 Å². The van der Waals surface area contributed by atoms with Gasteiger partial charge in [-0.25, -0.2) is 0 Å². The second-order valence-electron chi connectivity index (χ2n) is 6.44. The Morgan fingerprint density at radius 2 is 1.96 bits per heavy atom. The lowest BCUT2D eigenvalue weighted by Gasteiger charge is -2.03. The van der Waals surface area contributed by atoms with E-state index in [1.165, 1.54) is 16.9 Å². The van der Waals surface area contributed by atoms with Crippen LogP contribution in [0, 0.1) is 26.2 Å². The number of nitrogens with zero attached hydrogens (tertiary/aromatic N) is 3. The maximum absolute atomic E-state index is 12.7. The minimum Gasteiger partial charge on any atom is -0.355 e. The number of terminal acetylenes is 1. The molecule has 2 aromatic carbocycles. The highest BCUT2D eigenvalue weighted by Gasteiger charge is 2.15. The highest BCUT2D eigenvalue weighted by atomic mass is 32.1. The number of benzene rings is 2. The number of fused-ring (bicyclic) bond motifs is 1. The van der Waals surface area contributed by atoms with Crippen molar-refractivity contribution in [3.8, 4) is 23.7 Å². The van der Waals surface area contributed by atoms with Gasteiger partial charge in [0.15, 0.2) is 16.3 Å². The minimum absolute atomic E-state index is 0.163. The number of carbonyl (C=O) groups is 1. The van der Waals surface area contributed by atoms with Crippen molar-refractivity contribution < 1.29 is 9.32 Å². The first-order chi connectivity index (χ1) is 13.6. The lowest BCUT2D eigenvalue weighted by Crippen LogP contribution is -2.16. The Balaban J connectivity index is 1.77. The van der Waals surface area contributed by atoms with E-state index in [0.717, 1.165) is 21.3 Å². The SMILES string of the molecule is C#CCn1c(=NC(=O)c2cc(-c3ccccc3)on2)sc2cc(C)c(C)cc21. The topological polar surface area (TPSA) is 60.4 Å². The molecule has 0 saturated carbocycles. The third kappa shape index (κ3) is 3.28. The van der Waals surface area contributed by atoms with Crippen molar-refractivity contribution in [2.45, 2.75) is 20.4 Å². The first kappa shape index (κ1) is 18.0. The van der Waals surface area contributed by atoms with E-state index in [4.69, 9.17) is 10.9 Å². The van der Waals surface area contributed by atoms with Gasteiger partial charge in [0.2, 0.25) is 0 Å². The summed E-state index contributed by atoms with van der Waals surface area (Å²) in [5.74, 6) is 2.70. The maximum Gasteiger partial charge on any atom is 0.301 e. The monoisotopic (exact) mass is 387 g/mol. The number of hydrogen-bond donors (Lipinski definition) is 0. The molecule has 0 radical (unpaired) electrons. The number of thiazole rings is 1. The molecule has 2 aromatic heterocycles. The van der Waals surface area contributed by atoms with Gasteiger partial charge in [0, 0.05) is 11.6 Å². The van der Waals surface area contributed by atoms with Crippen LogP contribution in [0.2, 0.25) is 0 Å². The zero-order valence-electron chi connectivity index (χ0n) is 15.5. The number of amides is 1. The van der Waals surface area contributed by atoms with Crippen LogP contribution < -0.4 is 4.80 Å². The normalized spacial score (nSPS) is 11.7. The number of aromatic nitrogens is 2. The van der Waals surface area contributed by atoms with Crippen molar-refractivity contribution in [1.82, 2.24) is 9.72 Å². The molecule has 0 aliphatic heterocycles. The molecular weight excluding hydrogens is 370 g/mol. The number of carbonyl (C=O) groups excluding carboxylic acids is 1. The van der Waals surface area contributed by atoms with Gasteiger partial charge in [-0.15, -0.1) is 6.42 Å². The molecule has 0 bridgehead atoms. The average molecular weight is 387 g/mol. The molecule has 0 aliphatic carbocycles. The molecule has 0 spiro atoms. The van der Waals surface area contributed by atoms with Crippen molar-refractivity contribution in [3.05, 3.63) is 70.2 Å². The molecule has 28 heavy (non-hydrogen) atoms. The van der Waals surface area contributed by atoms with Gasteiger partial charge in [0.1, 0.15) is 0 Å². The molecule has 0 atom stereocenters. The molecule has 1 amide bonds. The summed E-state index contributed by atoms with van der Waals surface area (Å²) in [4.78, 5) is 17.5. The third-order valence-electron chi connectivity index (χ3n) is 4.53. The summed E-state index contributed by atoms with van der Waals surface area (Å²) >= 11 is 1.43. The Morgan fingerprint density at radius 3 is 2.71 bits per heavy atom. The summed E-state index contributed by atoms with van der Waals surface area (Å²) in [6, 6.07) is 15.3. The first-order valence-electron chi connectivity index (χ1n) is 8.72. The van der Waals surface area contributed by atoms with Crippen LogP contribution in [0.4, 0.5) is 0 Å². The number of hydrogen-bond acceptors (Lipinski definition) is 4. The minimum atomic E-state index is -0.461. The summed E-state index contributed by atoms with van der Waals surface area (Å²) in [6.45, 7) is 4.44. The average Bonchev–Trinajstić information content (AvgIpc) is 3.30. The molecule has 0 fully saturated rings. The largest absolute Gasteiger partial charge is 0.355 e. The van der Waals surface area contributed by atoms with E-state index in [2.05, 4.69) is 42.0 Å². The Hall–Kier alpha value is -3.43. The number of aryl methyl sites for hydroxylation is 2. The lowest BCUT2D eigenvalue weighted by molar-refractivity contribution is 0.0989. The van der Waals surface area contributed by atoms with E-state index in [9.17, 15) is 4.79 Å². The molecule has 5 nitrogen and oxygen atoms in total. The second-order valence-corrected chi connectivity index (χ2v) is 7.45. The van der Waals surface area contributed by atoms with Crippen molar-refractivity contribution in [2.24, 2.45) is 4.99 Å². The fraction of sp³-hybridized carbons (Fsp3) is 0.136. The van der Waals surface area contributed by atoms with Crippen LogP contribution in [0.3, 0.4) is 0 Å². The fourth-order valence-corrected chi connectivity index (χ4v) is 4.02. The van der Waals surface area contributed by atoms with Gasteiger partial charge >= 0.3 is 5.91 Å². The van der Waals surface area contributed by atoms with E-state index < -0.39 is 5.91 Å². The van der Waals surface area contributed by atoms with Crippen LogP contribution in [0.5, 0.6) is 0 Å². The molecule has 6 heteroatoms. The van der Waals surface area contributed by atoms with Gasteiger partial charge in [0.25, 0.3) is 0 Å². The lowest BCUT2D eigenvalue weighted by atomic mass is 10.1. The van der Waals surface area contributed by atoms with Gasteiger partial charge < -0.3 is 9.09 Å². The molecular formula is C22H17N3O2S. The summed E-state index contributed by atoms with van der Waals surface area (Å²) in [6.07, 6.45) is 5.54. The van der Waals surface area contributed by atoms with E-state index in [0.29, 0.717) is 17.1 Å². The standard InChI is InChI=1S/C22H17N3O2S/c1-4-10-25-18-11-14(2)15(3)12-20(18)28-22(25)23-21(26)17-13-19(27-24-17)16-8-6-5-7-9-16/h1,5-9,11-13H,10H2,2-3H3.